The van der Waals surface area contributed by atoms with E-state index in [0.717, 1.165) is 42.4 Å². The number of anilines is 1. The molecule has 0 amide bonds. The minimum absolute atomic E-state index is 0.433. The van der Waals surface area contributed by atoms with Crippen molar-refractivity contribution in [2.75, 3.05) is 18.4 Å². The summed E-state index contributed by atoms with van der Waals surface area (Å²) < 4.78 is 0. The molecule has 0 bridgehead atoms. The Labute approximate surface area is 119 Å². The minimum atomic E-state index is 0.433. The third kappa shape index (κ3) is 2.96. The fourth-order valence-electron chi connectivity index (χ4n) is 2.47. The van der Waals surface area contributed by atoms with Crippen LogP contribution in [0.3, 0.4) is 0 Å². The first-order chi connectivity index (χ1) is 9.70. The van der Waals surface area contributed by atoms with Crippen molar-refractivity contribution < 1.29 is 0 Å². The third-order valence-corrected chi connectivity index (χ3v) is 3.60. The summed E-state index contributed by atoms with van der Waals surface area (Å²) in [5, 5.41) is 6.76. The summed E-state index contributed by atoms with van der Waals surface area (Å²) >= 11 is 0. The van der Waals surface area contributed by atoms with E-state index in [2.05, 4.69) is 51.8 Å². The Bertz CT molecular complexity index is 586. The molecule has 3 rings (SSSR count). The Morgan fingerprint density at radius 2 is 1.95 bits per heavy atom. The molecule has 1 aliphatic heterocycles. The van der Waals surface area contributed by atoms with Crippen molar-refractivity contribution in [1.82, 2.24) is 15.3 Å². The molecule has 0 radical (unpaired) electrons. The molecular weight excluding hydrogens is 248 g/mol. The smallest absolute Gasteiger partial charge is 0.223 e. The highest BCUT2D eigenvalue weighted by Crippen LogP contribution is 2.20. The van der Waals surface area contributed by atoms with Gasteiger partial charge in [-0.25, -0.2) is 9.97 Å². The first kappa shape index (κ1) is 13.1. The Morgan fingerprint density at radius 3 is 2.65 bits per heavy atom. The van der Waals surface area contributed by atoms with Gasteiger partial charge in [0.25, 0.3) is 0 Å². The van der Waals surface area contributed by atoms with E-state index < -0.39 is 0 Å². The van der Waals surface area contributed by atoms with Gasteiger partial charge in [0.2, 0.25) is 5.95 Å². The van der Waals surface area contributed by atoms with Gasteiger partial charge < -0.3 is 10.6 Å². The summed E-state index contributed by atoms with van der Waals surface area (Å²) in [6.07, 6.45) is 1.12. The summed E-state index contributed by atoms with van der Waals surface area (Å²) in [4.78, 5) is 9.14. The van der Waals surface area contributed by atoms with Gasteiger partial charge in [-0.3, -0.25) is 0 Å². The largest absolute Gasteiger partial charge is 0.350 e. The van der Waals surface area contributed by atoms with Crippen molar-refractivity contribution in [3.05, 3.63) is 41.6 Å². The van der Waals surface area contributed by atoms with Gasteiger partial charge in [-0.2, -0.15) is 0 Å². The van der Waals surface area contributed by atoms with Gasteiger partial charge in [-0.05, 0) is 32.9 Å². The standard InChI is InChI=1S/C16H20N4/c1-11-3-5-13(6-4-11)15-9-12(2)18-16(20-15)19-14-7-8-17-10-14/h3-6,9,14,17H,7-8,10H2,1-2H3,(H,18,19,20). The molecule has 1 aliphatic rings. The molecule has 2 heterocycles. The summed E-state index contributed by atoms with van der Waals surface area (Å²) in [5.41, 5.74) is 4.36. The lowest BCUT2D eigenvalue weighted by molar-refractivity contribution is 0.779. The highest BCUT2D eigenvalue weighted by molar-refractivity contribution is 5.61. The number of hydrogen-bond acceptors (Lipinski definition) is 4. The summed E-state index contributed by atoms with van der Waals surface area (Å²) in [6.45, 7) is 6.15. The maximum Gasteiger partial charge on any atom is 0.223 e. The van der Waals surface area contributed by atoms with E-state index in [4.69, 9.17) is 0 Å². The van der Waals surface area contributed by atoms with Crippen LogP contribution in [0.2, 0.25) is 0 Å². The average Bonchev–Trinajstić information content (AvgIpc) is 2.91. The fraction of sp³-hybridized carbons (Fsp3) is 0.375. The SMILES string of the molecule is Cc1ccc(-c2cc(C)nc(NC3CCNC3)n2)cc1. The van der Waals surface area contributed by atoms with Crippen molar-refractivity contribution in [1.29, 1.82) is 0 Å². The maximum absolute atomic E-state index is 4.65. The molecule has 4 nitrogen and oxygen atoms in total. The van der Waals surface area contributed by atoms with Crippen LogP contribution >= 0.6 is 0 Å². The molecule has 0 saturated carbocycles. The minimum Gasteiger partial charge on any atom is -0.350 e. The molecule has 2 N–H and O–H groups in total. The first-order valence-corrected chi connectivity index (χ1v) is 7.11. The van der Waals surface area contributed by atoms with Crippen LogP contribution in [0.1, 0.15) is 17.7 Å². The molecular formula is C16H20N4. The number of aryl methyl sites for hydroxylation is 2. The molecule has 1 unspecified atom stereocenters. The van der Waals surface area contributed by atoms with E-state index >= 15 is 0 Å². The van der Waals surface area contributed by atoms with E-state index in [1.807, 2.05) is 13.0 Å². The highest BCUT2D eigenvalue weighted by atomic mass is 15.1. The van der Waals surface area contributed by atoms with Gasteiger partial charge in [0.05, 0.1) is 5.69 Å². The van der Waals surface area contributed by atoms with Gasteiger partial charge >= 0.3 is 0 Å². The summed E-state index contributed by atoms with van der Waals surface area (Å²) in [7, 11) is 0. The third-order valence-electron chi connectivity index (χ3n) is 3.60. The number of nitrogens with zero attached hydrogens (tertiary/aromatic N) is 2. The number of nitrogens with one attached hydrogen (secondary N) is 2. The number of rotatable bonds is 3. The van der Waals surface area contributed by atoms with Gasteiger partial charge in [0, 0.05) is 23.8 Å². The lowest BCUT2D eigenvalue weighted by Gasteiger charge is -2.13. The molecule has 2 aromatic rings. The van der Waals surface area contributed by atoms with Crippen LogP contribution in [0.25, 0.3) is 11.3 Å². The predicted octanol–water partition coefficient (Wildman–Crippen LogP) is 2.53. The van der Waals surface area contributed by atoms with Crippen LogP contribution in [0.15, 0.2) is 30.3 Å². The molecule has 1 aromatic heterocycles. The monoisotopic (exact) mass is 268 g/mol. The van der Waals surface area contributed by atoms with Gasteiger partial charge in [-0.1, -0.05) is 29.8 Å². The Kier molecular flexibility index (Phi) is 3.65. The normalized spacial score (nSPS) is 18.2. The van der Waals surface area contributed by atoms with Crippen molar-refractivity contribution in [3.63, 3.8) is 0 Å². The Morgan fingerprint density at radius 1 is 1.15 bits per heavy atom. The van der Waals surface area contributed by atoms with Crippen LogP contribution in [0, 0.1) is 13.8 Å². The highest BCUT2D eigenvalue weighted by Gasteiger charge is 2.15. The van der Waals surface area contributed by atoms with E-state index in [9.17, 15) is 0 Å². The summed E-state index contributed by atoms with van der Waals surface area (Å²) in [6, 6.07) is 10.9. The zero-order valence-electron chi connectivity index (χ0n) is 12.0. The van der Waals surface area contributed by atoms with E-state index in [-0.39, 0.29) is 0 Å². The molecule has 104 valence electrons. The lowest BCUT2D eigenvalue weighted by Crippen LogP contribution is -2.23. The van der Waals surface area contributed by atoms with E-state index in [1.54, 1.807) is 0 Å². The zero-order valence-corrected chi connectivity index (χ0v) is 12.0. The van der Waals surface area contributed by atoms with Crippen molar-refractivity contribution in [3.8, 4) is 11.3 Å². The van der Waals surface area contributed by atoms with E-state index in [1.165, 1.54) is 5.56 Å². The van der Waals surface area contributed by atoms with Gasteiger partial charge in [0.15, 0.2) is 0 Å². The first-order valence-electron chi connectivity index (χ1n) is 7.11. The molecule has 1 saturated heterocycles. The van der Waals surface area contributed by atoms with Crippen LogP contribution in [-0.2, 0) is 0 Å². The molecule has 1 fully saturated rings. The van der Waals surface area contributed by atoms with Crippen LogP contribution < -0.4 is 10.6 Å². The quantitative estimate of drug-likeness (QED) is 0.898. The molecule has 1 atom stereocenters. The molecule has 20 heavy (non-hydrogen) atoms. The molecule has 1 aromatic carbocycles. The van der Waals surface area contributed by atoms with Gasteiger partial charge in [-0.15, -0.1) is 0 Å². The average molecular weight is 268 g/mol. The Balaban J connectivity index is 1.87. The van der Waals surface area contributed by atoms with Gasteiger partial charge in [0.1, 0.15) is 0 Å². The van der Waals surface area contributed by atoms with E-state index in [0.29, 0.717) is 6.04 Å². The Hall–Kier alpha value is -1.94. The van der Waals surface area contributed by atoms with Crippen molar-refractivity contribution in [2.45, 2.75) is 26.3 Å². The second kappa shape index (κ2) is 5.59. The van der Waals surface area contributed by atoms with Crippen molar-refractivity contribution >= 4 is 5.95 Å². The molecule has 4 heteroatoms. The lowest BCUT2D eigenvalue weighted by atomic mass is 10.1. The summed E-state index contributed by atoms with van der Waals surface area (Å²) in [5.74, 6) is 0.731. The molecule has 0 spiro atoms. The fourth-order valence-corrected chi connectivity index (χ4v) is 2.47. The van der Waals surface area contributed by atoms with Crippen LogP contribution in [0.4, 0.5) is 5.95 Å². The maximum atomic E-state index is 4.65. The van der Waals surface area contributed by atoms with Crippen LogP contribution in [0.5, 0.6) is 0 Å². The number of hydrogen-bond donors (Lipinski definition) is 2. The topological polar surface area (TPSA) is 49.8 Å². The second-order valence-corrected chi connectivity index (χ2v) is 5.42. The van der Waals surface area contributed by atoms with Crippen LogP contribution in [-0.4, -0.2) is 29.1 Å². The zero-order chi connectivity index (χ0) is 13.9. The molecule has 0 aliphatic carbocycles. The second-order valence-electron chi connectivity index (χ2n) is 5.42. The van der Waals surface area contributed by atoms with Crippen molar-refractivity contribution in [2.24, 2.45) is 0 Å². The predicted molar refractivity (Wildman–Crippen MR) is 81.8 cm³/mol. The number of benzene rings is 1. The number of aromatic nitrogens is 2.